The summed E-state index contributed by atoms with van der Waals surface area (Å²) in [5.41, 5.74) is 2.34. The molecule has 1 aromatic carbocycles. The molecule has 8 nitrogen and oxygen atoms in total. The zero-order valence-electron chi connectivity index (χ0n) is 17.7. The van der Waals surface area contributed by atoms with Crippen molar-refractivity contribution >= 4 is 29.0 Å². The molecular formula is C21H25ClN4O4. The number of aryl methyl sites for hydroxylation is 2. The average molecular weight is 433 g/mol. The largest absolute Gasteiger partial charge is 0.493 e. The van der Waals surface area contributed by atoms with Gasteiger partial charge in [0.1, 0.15) is 10.8 Å². The summed E-state index contributed by atoms with van der Waals surface area (Å²) >= 11 is 6.38. The maximum atomic E-state index is 13.1. The van der Waals surface area contributed by atoms with Gasteiger partial charge in [-0.3, -0.25) is 4.79 Å². The van der Waals surface area contributed by atoms with Crippen molar-refractivity contribution < 1.29 is 19.0 Å². The highest BCUT2D eigenvalue weighted by Crippen LogP contribution is 2.38. The predicted octanol–water partition coefficient (Wildman–Crippen LogP) is 4.31. The summed E-state index contributed by atoms with van der Waals surface area (Å²) in [6, 6.07) is 5.00. The van der Waals surface area contributed by atoms with Gasteiger partial charge in [-0.1, -0.05) is 24.9 Å². The maximum Gasteiger partial charge on any atom is 0.257 e. The van der Waals surface area contributed by atoms with Crippen molar-refractivity contribution in [3.63, 3.8) is 0 Å². The molecule has 30 heavy (non-hydrogen) atoms. The Morgan fingerprint density at radius 1 is 1.13 bits per heavy atom. The second kappa shape index (κ2) is 9.21. The zero-order chi connectivity index (χ0) is 21.8. The zero-order valence-corrected chi connectivity index (χ0v) is 18.5. The van der Waals surface area contributed by atoms with Crippen molar-refractivity contribution in [1.29, 1.82) is 0 Å². The molecule has 2 heterocycles. The molecule has 0 aliphatic carbocycles. The van der Waals surface area contributed by atoms with Gasteiger partial charge >= 0.3 is 0 Å². The summed E-state index contributed by atoms with van der Waals surface area (Å²) in [5.74, 6) is 1.33. The van der Waals surface area contributed by atoms with E-state index in [0.29, 0.717) is 45.0 Å². The molecule has 0 aliphatic rings. The Bertz CT molecular complexity index is 1060. The number of hydrogen-bond donors (Lipinski definition) is 1. The molecule has 0 aliphatic heterocycles. The van der Waals surface area contributed by atoms with Crippen LogP contribution in [0.5, 0.6) is 17.2 Å². The van der Waals surface area contributed by atoms with E-state index in [2.05, 4.69) is 22.3 Å². The number of fused-ring (bicyclic) bond motifs is 1. The Morgan fingerprint density at radius 3 is 2.37 bits per heavy atom. The molecule has 160 valence electrons. The number of carbonyl (C=O) groups excluding carboxylic acids is 1. The number of rotatable bonds is 8. The number of amides is 1. The normalized spacial score (nSPS) is 10.9. The molecule has 0 radical (unpaired) electrons. The van der Waals surface area contributed by atoms with Crippen molar-refractivity contribution in [2.45, 2.75) is 33.1 Å². The lowest BCUT2D eigenvalue weighted by Crippen LogP contribution is -2.16. The highest BCUT2D eigenvalue weighted by atomic mass is 35.5. The lowest BCUT2D eigenvalue weighted by Gasteiger charge is -2.14. The van der Waals surface area contributed by atoms with Crippen LogP contribution < -0.4 is 19.5 Å². The number of benzene rings is 1. The molecule has 0 saturated heterocycles. The van der Waals surface area contributed by atoms with Crippen LogP contribution in [0.3, 0.4) is 0 Å². The highest BCUT2D eigenvalue weighted by molar-refractivity contribution is 6.34. The van der Waals surface area contributed by atoms with Gasteiger partial charge in [-0.05, 0) is 31.9 Å². The monoisotopic (exact) mass is 432 g/mol. The van der Waals surface area contributed by atoms with E-state index < -0.39 is 0 Å². The lowest BCUT2D eigenvalue weighted by molar-refractivity contribution is 0.102. The van der Waals surface area contributed by atoms with Gasteiger partial charge in [0, 0.05) is 17.3 Å². The van der Waals surface area contributed by atoms with Crippen molar-refractivity contribution in [3.05, 3.63) is 40.2 Å². The fourth-order valence-electron chi connectivity index (χ4n) is 3.12. The average Bonchev–Trinajstić information content (AvgIpc) is 3.05. The fraction of sp³-hybridized carbons (Fsp3) is 0.381. The quantitative estimate of drug-likeness (QED) is 0.570. The number of aromatic nitrogens is 3. The van der Waals surface area contributed by atoms with E-state index in [0.717, 1.165) is 25.0 Å². The van der Waals surface area contributed by atoms with E-state index in [1.165, 1.54) is 21.3 Å². The molecule has 1 amide bonds. The van der Waals surface area contributed by atoms with Crippen LogP contribution in [0.25, 0.3) is 5.65 Å². The van der Waals surface area contributed by atoms with Gasteiger partial charge in [-0.15, -0.1) is 0 Å². The first-order valence-electron chi connectivity index (χ1n) is 9.59. The standard InChI is InChI=1S/C21H25ClN4O4/c1-6-7-8-14-11-17(26-20(23-14)18(22)12(2)25-26)24-21(27)13-9-15(28-3)19(30-5)16(10-13)29-4/h9-11H,6-8H2,1-5H3,(H,24,27). The number of hydrogen-bond acceptors (Lipinski definition) is 6. The van der Waals surface area contributed by atoms with Crippen LogP contribution in [0.15, 0.2) is 18.2 Å². The molecule has 9 heteroatoms. The van der Waals surface area contributed by atoms with E-state index in [9.17, 15) is 4.79 Å². The van der Waals surface area contributed by atoms with E-state index >= 15 is 0 Å². The van der Waals surface area contributed by atoms with Crippen molar-refractivity contribution in [1.82, 2.24) is 14.6 Å². The van der Waals surface area contributed by atoms with Crippen molar-refractivity contribution in [3.8, 4) is 17.2 Å². The minimum atomic E-state index is -0.354. The van der Waals surface area contributed by atoms with Gasteiger partial charge < -0.3 is 19.5 Å². The molecule has 0 bridgehead atoms. The predicted molar refractivity (Wildman–Crippen MR) is 115 cm³/mol. The molecule has 0 fully saturated rings. The minimum absolute atomic E-state index is 0.347. The second-order valence-electron chi connectivity index (χ2n) is 6.74. The summed E-state index contributed by atoms with van der Waals surface area (Å²) in [5, 5.41) is 7.79. The van der Waals surface area contributed by atoms with Gasteiger partial charge in [0.25, 0.3) is 5.91 Å². The first-order valence-corrected chi connectivity index (χ1v) is 9.97. The first kappa shape index (κ1) is 21.7. The molecule has 0 unspecified atom stereocenters. The van der Waals surface area contributed by atoms with Gasteiger partial charge in [-0.2, -0.15) is 9.61 Å². The van der Waals surface area contributed by atoms with Gasteiger partial charge in [0.05, 0.1) is 27.0 Å². The number of carbonyl (C=O) groups is 1. The summed E-state index contributed by atoms with van der Waals surface area (Å²) in [6.07, 6.45) is 2.79. The van der Waals surface area contributed by atoms with Crippen molar-refractivity contribution in [2.24, 2.45) is 0 Å². The second-order valence-corrected chi connectivity index (χ2v) is 7.12. The number of anilines is 1. The number of halogens is 1. The SMILES string of the molecule is CCCCc1cc(NC(=O)c2cc(OC)c(OC)c(OC)c2)n2nc(C)c(Cl)c2n1. The lowest BCUT2D eigenvalue weighted by atomic mass is 10.1. The van der Waals surface area contributed by atoms with E-state index in [1.54, 1.807) is 23.6 Å². The maximum absolute atomic E-state index is 13.1. The number of nitrogens with zero attached hydrogens (tertiary/aromatic N) is 3. The number of nitrogens with one attached hydrogen (secondary N) is 1. The third-order valence-corrected chi connectivity index (χ3v) is 5.14. The van der Waals surface area contributed by atoms with Crippen LogP contribution in [0.4, 0.5) is 5.82 Å². The minimum Gasteiger partial charge on any atom is -0.493 e. The summed E-state index contributed by atoms with van der Waals surface area (Å²) in [7, 11) is 4.51. The van der Waals surface area contributed by atoms with Crippen LogP contribution in [-0.2, 0) is 6.42 Å². The van der Waals surface area contributed by atoms with Crippen molar-refractivity contribution in [2.75, 3.05) is 26.6 Å². The number of unbranched alkanes of at least 4 members (excludes halogenated alkanes) is 1. The van der Waals surface area contributed by atoms with Crippen LogP contribution in [-0.4, -0.2) is 41.8 Å². The smallest absolute Gasteiger partial charge is 0.257 e. The van der Waals surface area contributed by atoms with E-state index in [-0.39, 0.29) is 5.91 Å². The molecule has 3 rings (SSSR count). The highest BCUT2D eigenvalue weighted by Gasteiger charge is 2.19. The Kier molecular flexibility index (Phi) is 6.66. The van der Waals surface area contributed by atoms with Gasteiger partial charge in [-0.25, -0.2) is 4.98 Å². The molecule has 1 N–H and O–H groups in total. The summed E-state index contributed by atoms with van der Waals surface area (Å²) in [4.78, 5) is 17.7. The van der Waals surface area contributed by atoms with Gasteiger partial charge in [0.2, 0.25) is 5.75 Å². The van der Waals surface area contributed by atoms with Crippen LogP contribution in [0, 0.1) is 6.92 Å². The summed E-state index contributed by atoms with van der Waals surface area (Å²) < 4.78 is 17.5. The fourth-order valence-corrected chi connectivity index (χ4v) is 3.28. The molecule has 0 saturated carbocycles. The third-order valence-electron chi connectivity index (χ3n) is 4.70. The topological polar surface area (TPSA) is 87.0 Å². The molecular weight excluding hydrogens is 408 g/mol. The Labute approximate surface area is 180 Å². The molecule has 0 atom stereocenters. The first-order chi connectivity index (χ1) is 14.4. The number of ether oxygens (including phenoxy) is 3. The molecule has 2 aromatic heterocycles. The van der Waals surface area contributed by atoms with Crippen LogP contribution >= 0.6 is 11.6 Å². The van der Waals surface area contributed by atoms with E-state index in [1.807, 2.05) is 6.07 Å². The molecule has 3 aromatic rings. The van der Waals surface area contributed by atoms with E-state index in [4.69, 9.17) is 25.8 Å². The Hall–Kier alpha value is -3.00. The Morgan fingerprint density at radius 2 is 1.80 bits per heavy atom. The molecule has 0 spiro atoms. The van der Waals surface area contributed by atoms with Crippen LogP contribution in [0.2, 0.25) is 5.02 Å². The number of methoxy groups -OCH3 is 3. The van der Waals surface area contributed by atoms with Gasteiger partial charge in [0.15, 0.2) is 17.1 Å². The van der Waals surface area contributed by atoms with Crippen LogP contribution in [0.1, 0.15) is 41.5 Å². The summed E-state index contributed by atoms with van der Waals surface area (Å²) in [6.45, 7) is 3.91. The Balaban J connectivity index is 2.03. The third kappa shape index (κ3) is 4.14.